The van der Waals surface area contributed by atoms with E-state index in [1.54, 1.807) is 32.9 Å². The summed E-state index contributed by atoms with van der Waals surface area (Å²) in [5.74, 6) is -3.65. The van der Waals surface area contributed by atoms with Crippen LogP contribution in [-0.4, -0.2) is 71.6 Å². The first-order valence-electron chi connectivity index (χ1n) is 17.3. The van der Waals surface area contributed by atoms with Gasteiger partial charge in [0.05, 0.1) is 6.04 Å². The van der Waals surface area contributed by atoms with Crippen molar-refractivity contribution in [3.8, 4) is 0 Å². The van der Waals surface area contributed by atoms with E-state index in [0.29, 0.717) is 12.8 Å². The van der Waals surface area contributed by atoms with Crippen LogP contribution in [-0.2, 0) is 35.3 Å². The number of carbonyl (C=O) groups excluding carboxylic acids is 6. The number of ether oxygens (including phenoxy) is 1. The van der Waals surface area contributed by atoms with E-state index in [1.807, 2.05) is 32.0 Å². The first-order valence-corrected chi connectivity index (χ1v) is 17.3. The number of ketones is 1. The van der Waals surface area contributed by atoms with Crippen molar-refractivity contribution in [1.29, 1.82) is 0 Å². The molecule has 0 spiro atoms. The summed E-state index contributed by atoms with van der Waals surface area (Å²) in [6, 6.07) is 5.35. The minimum absolute atomic E-state index is 0.0496. The number of benzene rings is 1. The highest BCUT2D eigenvalue weighted by atomic mass is 16.5. The number of hydrogen-bond donors (Lipinski definition) is 4. The monoisotopic (exact) mass is 673 g/mol. The van der Waals surface area contributed by atoms with Crippen LogP contribution in [0.25, 0.3) is 0 Å². The van der Waals surface area contributed by atoms with Crippen LogP contribution in [0, 0.1) is 11.3 Å². The van der Waals surface area contributed by atoms with E-state index in [4.69, 9.17) is 10.5 Å². The maximum Gasteiger partial charge on any atom is 0.325 e. The molecule has 1 heterocycles. The quantitative estimate of drug-likeness (QED) is 0.177. The van der Waals surface area contributed by atoms with Crippen LogP contribution in [0.1, 0.15) is 112 Å². The Hall–Kier alpha value is -3.96. The van der Waals surface area contributed by atoms with Gasteiger partial charge in [0.15, 0.2) is 0 Å². The molecule has 5 amide bonds. The number of nitrogens with zero attached hydrogens (tertiary/aromatic N) is 1. The summed E-state index contributed by atoms with van der Waals surface area (Å²) in [6.45, 7) is 13.3. The third-order valence-electron chi connectivity index (χ3n) is 8.07. The molecule has 1 aliphatic heterocycles. The van der Waals surface area contributed by atoms with Gasteiger partial charge in [-0.25, -0.2) is 4.79 Å². The molecule has 12 heteroatoms. The number of amides is 5. The lowest BCUT2D eigenvalue weighted by Crippen LogP contribution is -2.60. The molecule has 5 N–H and O–H groups in total. The van der Waals surface area contributed by atoms with Gasteiger partial charge in [-0.15, -0.1) is 0 Å². The van der Waals surface area contributed by atoms with Crippen molar-refractivity contribution >= 4 is 35.5 Å². The number of primary amides is 1. The molecule has 4 unspecified atom stereocenters. The highest BCUT2D eigenvalue weighted by Crippen LogP contribution is 2.26. The molecular formula is C36H59N5O7. The van der Waals surface area contributed by atoms with Gasteiger partial charge >= 0.3 is 12.0 Å². The van der Waals surface area contributed by atoms with Crippen molar-refractivity contribution in [2.75, 3.05) is 13.1 Å². The van der Waals surface area contributed by atoms with Gasteiger partial charge in [0.1, 0.15) is 25.2 Å². The Morgan fingerprint density at radius 2 is 1.52 bits per heavy atom. The molecule has 0 radical (unpaired) electrons. The number of nitrogens with one attached hydrogen (secondary N) is 3. The second-order valence-electron chi connectivity index (χ2n) is 13.6. The van der Waals surface area contributed by atoms with Gasteiger partial charge in [-0.1, -0.05) is 117 Å². The summed E-state index contributed by atoms with van der Waals surface area (Å²) in [5, 5.41) is 7.68. The summed E-state index contributed by atoms with van der Waals surface area (Å²) < 4.78 is 5.16. The molecule has 1 aliphatic carbocycles. The van der Waals surface area contributed by atoms with Crippen LogP contribution < -0.4 is 21.7 Å². The molecule has 1 aromatic carbocycles. The van der Waals surface area contributed by atoms with Gasteiger partial charge in [-0.05, 0) is 36.2 Å². The minimum atomic E-state index is -1.13. The SMILES string of the molecule is C1CCC1.CCC.CCC(C)CC(NC(=O)C1CCCN1C(=O)C(NC(=O)NCC(=O)OCc1ccccc1)C(C)(C)C)C(=O)C(N)=O. The second kappa shape index (κ2) is 21.8. The summed E-state index contributed by atoms with van der Waals surface area (Å²) in [7, 11) is 0. The highest BCUT2D eigenvalue weighted by Gasteiger charge is 2.42. The number of esters is 1. The lowest BCUT2D eigenvalue weighted by molar-refractivity contribution is -0.143. The molecular weight excluding hydrogens is 614 g/mol. The Morgan fingerprint density at radius 3 is 2.02 bits per heavy atom. The van der Waals surface area contributed by atoms with Gasteiger partial charge < -0.3 is 31.3 Å². The largest absolute Gasteiger partial charge is 0.460 e. The molecule has 0 aromatic heterocycles. The van der Waals surface area contributed by atoms with E-state index in [0.717, 1.165) is 12.0 Å². The van der Waals surface area contributed by atoms with Gasteiger partial charge in [-0.3, -0.25) is 24.0 Å². The Morgan fingerprint density at radius 1 is 0.938 bits per heavy atom. The molecule has 270 valence electrons. The fourth-order valence-electron chi connectivity index (χ4n) is 4.73. The van der Waals surface area contributed by atoms with E-state index >= 15 is 0 Å². The molecule has 1 saturated carbocycles. The van der Waals surface area contributed by atoms with Crippen molar-refractivity contribution in [2.24, 2.45) is 17.1 Å². The molecule has 1 saturated heterocycles. The van der Waals surface area contributed by atoms with Crippen LogP contribution in [0.3, 0.4) is 0 Å². The van der Waals surface area contributed by atoms with Crippen LogP contribution in [0.15, 0.2) is 30.3 Å². The number of nitrogens with two attached hydrogens (primary N) is 1. The van der Waals surface area contributed by atoms with Crippen molar-refractivity contribution in [3.63, 3.8) is 0 Å². The van der Waals surface area contributed by atoms with E-state index in [9.17, 15) is 28.8 Å². The number of urea groups is 1. The fourth-order valence-corrected chi connectivity index (χ4v) is 4.73. The lowest BCUT2D eigenvalue weighted by atomic mass is 9.85. The lowest BCUT2D eigenvalue weighted by Gasteiger charge is -2.35. The third-order valence-corrected chi connectivity index (χ3v) is 8.07. The van der Waals surface area contributed by atoms with Crippen molar-refractivity contribution in [1.82, 2.24) is 20.9 Å². The van der Waals surface area contributed by atoms with E-state index in [1.165, 1.54) is 37.0 Å². The first-order chi connectivity index (χ1) is 22.7. The molecule has 0 bridgehead atoms. The molecule has 2 aliphatic rings. The summed E-state index contributed by atoms with van der Waals surface area (Å²) in [5.41, 5.74) is 5.26. The predicted octanol–water partition coefficient (Wildman–Crippen LogP) is 4.39. The Balaban J connectivity index is 0.00000147. The van der Waals surface area contributed by atoms with E-state index < -0.39 is 65.6 Å². The average molecular weight is 674 g/mol. The van der Waals surface area contributed by atoms with E-state index in [2.05, 4.69) is 29.8 Å². The van der Waals surface area contributed by atoms with Gasteiger partial charge in [0.25, 0.3) is 5.91 Å². The number of carbonyl (C=O) groups is 6. The molecule has 48 heavy (non-hydrogen) atoms. The minimum Gasteiger partial charge on any atom is -0.460 e. The summed E-state index contributed by atoms with van der Waals surface area (Å²) in [4.78, 5) is 77.0. The molecule has 2 fully saturated rings. The van der Waals surface area contributed by atoms with Crippen molar-refractivity contribution < 1.29 is 33.5 Å². The average Bonchev–Trinajstić information content (AvgIpc) is 3.50. The van der Waals surface area contributed by atoms with Crippen molar-refractivity contribution in [2.45, 2.75) is 131 Å². The van der Waals surface area contributed by atoms with Gasteiger partial charge in [-0.2, -0.15) is 0 Å². The molecule has 4 atom stereocenters. The zero-order valence-corrected chi connectivity index (χ0v) is 30.1. The number of Topliss-reactive ketones (excluding diaryl/α,β-unsaturated/α-hetero) is 1. The Kier molecular flexibility index (Phi) is 19.1. The summed E-state index contributed by atoms with van der Waals surface area (Å²) in [6.07, 6.45) is 9.12. The van der Waals surface area contributed by atoms with Crippen molar-refractivity contribution in [3.05, 3.63) is 35.9 Å². The number of likely N-dealkylation sites (tertiary alicyclic amines) is 1. The van der Waals surface area contributed by atoms with Crippen LogP contribution in [0.5, 0.6) is 0 Å². The van der Waals surface area contributed by atoms with E-state index in [-0.39, 0.29) is 25.5 Å². The third kappa shape index (κ3) is 15.3. The Bertz CT molecular complexity index is 1180. The zero-order chi connectivity index (χ0) is 36.3. The molecule has 1 aromatic rings. The predicted molar refractivity (Wildman–Crippen MR) is 185 cm³/mol. The molecule has 3 rings (SSSR count). The first kappa shape index (κ1) is 42.1. The summed E-state index contributed by atoms with van der Waals surface area (Å²) >= 11 is 0. The maximum absolute atomic E-state index is 13.7. The number of rotatable bonds is 13. The normalized spacial score (nSPS) is 17.0. The Labute approximate surface area is 286 Å². The smallest absolute Gasteiger partial charge is 0.325 e. The number of hydrogen-bond acceptors (Lipinski definition) is 7. The van der Waals surface area contributed by atoms with Crippen LogP contribution >= 0.6 is 0 Å². The fraction of sp³-hybridized carbons (Fsp3) is 0.667. The second-order valence-corrected chi connectivity index (χ2v) is 13.6. The maximum atomic E-state index is 13.7. The standard InChI is InChI=1S/C29H43N5O7.C4H8.C3H8/c1-6-18(2)15-20(23(36)25(30)37)32-26(38)21-13-10-14-34(21)27(39)24(29(3,4)5)33-28(40)31-16-22(35)41-17-19-11-8-7-9-12-19;1-2-4-3-1;1-3-2/h7-9,11-12,18,20-21,24H,6,10,13-17H2,1-5H3,(H2,30,37)(H,32,38)(H2,31,33,40);1-4H2;3H2,1-2H3. The topological polar surface area (TPSA) is 177 Å². The zero-order valence-electron chi connectivity index (χ0n) is 30.1. The van der Waals surface area contributed by atoms with Crippen LogP contribution in [0.2, 0.25) is 0 Å². The highest BCUT2D eigenvalue weighted by molar-refractivity contribution is 6.37. The molecule has 12 nitrogen and oxygen atoms in total. The van der Waals surface area contributed by atoms with Crippen LogP contribution in [0.4, 0.5) is 4.79 Å². The van der Waals surface area contributed by atoms with Gasteiger partial charge in [0.2, 0.25) is 17.6 Å². The van der Waals surface area contributed by atoms with Gasteiger partial charge in [0, 0.05) is 6.54 Å².